The van der Waals surface area contributed by atoms with Gasteiger partial charge in [-0.1, -0.05) is 23.7 Å². The van der Waals surface area contributed by atoms with Crippen LogP contribution in [0, 0.1) is 6.92 Å². The number of nitrogens with one attached hydrogen (secondary N) is 1. The first kappa shape index (κ1) is 19.5. The minimum atomic E-state index is -3.67. The zero-order valence-corrected chi connectivity index (χ0v) is 18.0. The van der Waals surface area contributed by atoms with Gasteiger partial charge in [0.1, 0.15) is 0 Å². The van der Waals surface area contributed by atoms with E-state index in [9.17, 15) is 13.2 Å². The molecule has 0 atom stereocenters. The van der Waals surface area contributed by atoms with Crippen molar-refractivity contribution in [3.63, 3.8) is 0 Å². The molecule has 28 heavy (non-hydrogen) atoms. The van der Waals surface area contributed by atoms with Gasteiger partial charge in [-0.2, -0.15) is 4.31 Å². The number of fused-ring (bicyclic) bond motifs is 1. The van der Waals surface area contributed by atoms with Crippen LogP contribution in [0.15, 0.2) is 40.6 Å². The highest BCUT2D eigenvalue weighted by Crippen LogP contribution is 2.33. The SMILES string of the molecule is Cc1c(Cl)cccc1S(=O)(=O)N1CCc2nc(NC(=O)c3cccs3)sc2C1. The van der Waals surface area contributed by atoms with Gasteiger partial charge in [-0.25, -0.2) is 13.4 Å². The second-order valence-electron chi connectivity index (χ2n) is 6.27. The lowest BCUT2D eigenvalue weighted by atomic mass is 10.2. The first-order valence-corrected chi connectivity index (χ1v) is 12.0. The molecule has 3 heterocycles. The number of anilines is 1. The highest BCUT2D eigenvalue weighted by Gasteiger charge is 2.32. The largest absolute Gasteiger partial charge is 0.297 e. The molecule has 0 fully saturated rings. The summed E-state index contributed by atoms with van der Waals surface area (Å²) in [5.41, 5.74) is 1.38. The van der Waals surface area contributed by atoms with Crippen LogP contribution < -0.4 is 5.32 Å². The maximum absolute atomic E-state index is 13.1. The molecule has 0 saturated heterocycles. The van der Waals surface area contributed by atoms with E-state index in [2.05, 4.69) is 10.3 Å². The highest BCUT2D eigenvalue weighted by atomic mass is 35.5. The number of thiazole rings is 1. The van der Waals surface area contributed by atoms with Gasteiger partial charge in [-0.3, -0.25) is 10.1 Å². The van der Waals surface area contributed by atoms with E-state index in [0.717, 1.165) is 10.6 Å². The fourth-order valence-corrected chi connectivity index (χ4v) is 6.61. The van der Waals surface area contributed by atoms with Gasteiger partial charge in [0.25, 0.3) is 5.91 Å². The van der Waals surface area contributed by atoms with E-state index in [0.29, 0.717) is 33.6 Å². The van der Waals surface area contributed by atoms with Crippen molar-refractivity contribution >= 4 is 55.3 Å². The average molecular weight is 454 g/mol. The molecular weight excluding hydrogens is 438 g/mol. The zero-order valence-electron chi connectivity index (χ0n) is 14.8. The minimum Gasteiger partial charge on any atom is -0.297 e. The van der Waals surface area contributed by atoms with Gasteiger partial charge in [-0.15, -0.1) is 22.7 Å². The number of rotatable bonds is 4. The Morgan fingerprint density at radius 1 is 1.29 bits per heavy atom. The molecule has 0 radical (unpaired) electrons. The fraction of sp³-hybridized carbons (Fsp3) is 0.222. The van der Waals surface area contributed by atoms with E-state index in [-0.39, 0.29) is 17.3 Å². The maximum Gasteiger partial charge on any atom is 0.267 e. The topological polar surface area (TPSA) is 79.4 Å². The second-order valence-corrected chi connectivity index (χ2v) is 10.6. The molecular formula is C18H16ClN3O3S3. The molecule has 4 rings (SSSR count). The number of halogens is 1. The van der Waals surface area contributed by atoms with E-state index in [1.165, 1.54) is 27.0 Å². The summed E-state index contributed by atoms with van der Waals surface area (Å²) in [7, 11) is -3.67. The average Bonchev–Trinajstić information content (AvgIpc) is 3.32. The number of thiophene rings is 1. The van der Waals surface area contributed by atoms with Crippen molar-refractivity contribution in [2.75, 3.05) is 11.9 Å². The van der Waals surface area contributed by atoms with Gasteiger partial charge in [0.15, 0.2) is 5.13 Å². The number of nitrogens with zero attached hydrogens (tertiary/aromatic N) is 2. The van der Waals surface area contributed by atoms with Crippen LogP contribution in [0.4, 0.5) is 5.13 Å². The Kier molecular flexibility index (Phi) is 5.28. The van der Waals surface area contributed by atoms with Crippen LogP contribution in [0.25, 0.3) is 0 Å². The lowest BCUT2D eigenvalue weighted by Gasteiger charge is -2.26. The zero-order chi connectivity index (χ0) is 19.9. The summed E-state index contributed by atoms with van der Waals surface area (Å²) < 4.78 is 27.6. The number of amides is 1. The van der Waals surface area contributed by atoms with Gasteiger partial charge in [0, 0.05) is 22.9 Å². The summed E-state index contributed by atoms with van der Waals surface area (Å²) in [6, 6.07) is 8.45. The number of benzene rings is 1. The summed E-state index contributed by atoms with van der Waals surface area (Å²) in [5, 5.41) is 5.55. The third kappa shape index (κ3) is 3.60. The molecule has 1 aliphatic rings. The van der Waals surface area contributed by atoms with Crippen LogP contribution in [0.2, 0.25) is 5.02 Å². The predicted molar refractivity (Wildman–Crippen MR) is 112 cm³/mol. The minimum absolute atomic E-state index is 0.208. The molecule has 0 unspecified atom stereocenters. The molecule has 1 aromatic carbocycles. The quantitative estimate of drug-likeness (QED) is 0.643. The van der Waals surface area contributed by atoms with Crippen molar-refractivity contribution in [3.8, 4) is 0 Å². The van der Waals surface area contributed by atoms with E-state index < -0.39 is 10.0 Å². The molecule has 0 spiro atoms. The molecule has 0 bridgehead atoms. The van der Waals surface area contributed by atoms with Crippen LogP contribution in [-0.4, -0.2) is 30.2 Å². The molecule has 146 valence electrons. The molecule has 6 nitrogen and oxygen atoms in total. The molecule has 10 heteroatoms. The van der Waals surface area contributed by atoms with Crippen LogP contribution in [-0.2, 0) is 23.0 Å². The Morgan fingerprint density at radius 2 is 2.11 bits per heavy atom. The first-order chi connectivity index (χ1) is 13.4. The van der Waals surface area contributed by atoms with E-state index in [4.69, 9.17) is 11.6 Å². The number of carbonyl (C=O) groups is 1. The van der Waals surface area contributed by atoms with Crippen LogP contribution in [0.5, 0.6) is 0 Å². The van der Waals surface area contributed by atoms with Crippen molar-refractivity contribution in [2.45, 2.75) is 24.8 Å². The maximum atomic E-state index is 13.1. The van der Waals surface area contributed by atoms with Gasteiger partial charge in [-0.05, 0) is 36.1 Å². The molecule has 0 saturated carbocycles. The Balaban J connectivity index is 1.56. The van der Waals surface area contributed by atoms with Gasteiger partial charge in [0.05, 0.1) is 22.0 Å². The van der Waals surface area contributed by atoms with E-state index >= 15 is 0 Å². The number of sulfonamides is 1. The fourth-order valence-electron chi connectivity index (χ4n) is 3.00. The second kappa shape index (κ2) is 7.57. The van der Waals surface area contributed by atoms with Crippen molar-refractivity contribution < 1.29 is 13.2 Å². The highest BCUT2D eigenvalue weighted by molar-refractivity contribution is 7.89. The lowest BCUT2D eigenvalue weighted by molar-refractivity contribution is 0.103. The molecule has 3 aromatic rings. The van der Waals surface area contributed by atoms with Crippen molar-refractivity contribution in [1.29, 1.82) is 0 Å². The Bertz CT molecular complexity index is 1140. The summed E-state index contributed by atoms with van der Waals surface area (Å²) in [6.45, 7) is 2.27. The third-order valence-electron chi connectivity index (χ3n) is 4.50. The van der Waals surface area contributed by atoms with Gasteiger partial charge >= 0.3 is 0 Å². The van der Waals surface area contributed by atoms with Gasteiger partial charge < -0.3 is 0 Å². The Hall–Kier alpha value is -1.78. The third-order valence-corrected chi connectivity index (χ3v) is 8.76. The van der Waals surface area contributed by atoms with Crippen LogP contribution >= 0.6 is 34.3 Å². The molecule has 1 amide bonds. The molecule has 0 aliphatic carbocycles. The number of carbonyl (C=O) groups excluding carboxylic acids is 1. The number of hydrogen-bond donors (Lipinski definition) is 1. The van der Waals surface area contributed by atoms with Crippen molar-refractivity contribution in [1.82, 2.24) is 9.29 Å². The summed E-state index contributed by atoms with van der Waals surface area (Å²) in [5.74, 6) is -0.208. The standard InChI is InChI=1S/C18H16ClN3O3S3/c1-11-12(19)4-2-6-16(11)28(24,25)22-8-7-13-15(10-22)27-18(20-13)21-17(23)14-5-3-9-26-14/h2-6,9H,7-8,10H2,1H3,(H,20,21,23). The monoisotopic (exact) mass is 453 g/mol. The number of aromatic nitrogens is 1. The van der Waals surface area contributed by atoms with E-state index in [1.54, 1.807) is 31.2 Å². The summed E-state index contributed by atoms with van der Waals surface area (Å²) >= 11 is 8.77. The molecule has 2 aromatic heterocycles. The lowest BCUT2D eigenvalue weighted by Crippen LogP contribution is -2.35. The molecule has 1 aliphatic heterocycles. The summed E-state index contributed by atoms with van der Waals surface area (Å²) in [6.07, 6.45) is 0.500. The number of hydrogen-bond acceptors (Lipinski definition) is 6. The van der Waals surface area contributed by atoms with Crippen molar-refractivity contribution in [2.24, 2.45) is 0 Å². The van der Waals surface area contributed by atoms with E-state index in [1.807, 2.05) is 11.4 Å². The first-order valence-electron chi connectivity index (χ1n) is 8.45. The smallest absolute Gasteiger partial charge is 0.267 e. The Morgan fingerprint density at radius 3 is 2.86 bits per heavy atom. The van der Waals surface area contributed by atoms with Crippen LogP contribution in [0.3, 0.4) is 0 Å². The summed E-state index contributed by atoms with van der Waals surface area (Å²) in [4.78, 5) is 18.4. The van der Waals surface area contributed by atoms with Gasteiger partial charge in [0.2, 0.25) is 10.0 Å². The Labute approximate surface area is 175 Å². The van der Waals surface area contributed by atoms with Crippen molar-refractivity contribution in [3.05, 3.63) is 61.7 Å². The van der Waals surface area contributed by atoms with Crippen LogP contribution in [0.1, 0.15) is 25.8 Å². The predicted octanol–water partition coefficient (Wildman–Crippen LogP) is 4.17. The normalized spacial score (nSPS) is 14.6. The molecule has 1 N–H and O–H groups in total.